The topological polar surface area (TPSA) is 56.0 Å². The minimum Gasteiger partial charge on any atom is -0.340 e. The quantitative estimate of drug-likeness (QED) is 0.699. The number of rotatable bonds is 5. The zero-order chi connectivity index (χ0) is 18.4. The summed E-state index contributed by atoms with van der Waals surface area (Å²) in [7, 11) is 2.00. The summed E-state index contributed by atoms with van der Waals surface area (Å²) in [4.78, 5) is 25.1. The monoisotopic (exact) mass is 363 g/mol. The molecule has 0 spiro atoms. The minimum absolute atomic E-state index is 0.118. The predicted molar refractivity (Wildman–Crippen MR) is 104 cm³/mol. The number of hydrogen-bond acceptors (Lipinski definition) is 4. The van der Waals surface area contributed by atoms with Crippen LogP contribution < -0.4 is 5.56 Å². The molecule has 0 bridgehead atoms. The van der Waals surface area contributed by atoms with Crippen molar-refractivity contribution in [3.05, 3.63) is 58.7 Å². The van der Waals surface area contributed by atoms with E-state index in [4.69, 9.17) is 4.98 Å². The largest absolute Gasteiger partial charge is 0.340 e. The SMILES string of the molecule is Cn1cnc(CN2CCCC2c2nc3ccccc3c(=O)n2CC2CC2)c1. The van der Waals surface area contributed by atoms with Gasteiger partial charge >= 0.3 is 0 Å². The van der Waals surface area contributed by atoms with E-state index in [1.165, 1.54) is 12.8 Å². The molecule has 6 heteroatoms. The van der Waals surface area contributed by atoms with Gasteiger partial charge in [0.15, 0.2) is 0 Å². The van der Waals surface area contributed by atoms with Crippen LogP contribution in [0.4, 0.5) is 0 Å². The summed E-state index contributed by atoms with van der Waals surface area (Å²) in [6.07, 6.45) is 8.53. The van der Waals surface area contributed by atoms with Crippen molar-refractivity contribution >= 4 is 10.9 Å². The van der Waals surface area contributed by atoms with Gasteiger partial charge in [0.1, 0.15) is 5.82 Å². The average Bonchev–Trinajstić information content (AvgIpc) is 3.22. The van der Waals surface area contributed by atoms with E-state index >= 15 is 0 Å². The second-order valence-electron chi connectivity index (χ2n) is 8.01. The molecule has 1 saturated heterocycles. The molecule has 6 nitrogen and oxygen atoms in total. The molecule has 2 aliphatic rings. The maximum absolute atomic E-state index is 13.2. The summed E-state index contributed by atoms with van der Waals surface area (Å²) in [6, 6.07) is 7.93. The van der Waals surface area contributed by atoms with Gasteiger partial charge < -0.3 is 4.57 Å². The van der Waals surface area contributed by atoms with Gasteiger partial charge in [-0.1, -0.05) is 12.1 Å². The van der Waals surface area contributed by atoms with Gasteiger partial charge in [0.25, 0.3) is 5.56 Å². The second-order valence-corrected chi connectivity index (χ2v) is 8.01. The molecule has 2 fully saturated rings. The molecule has 5 rings (SSSR count). The Kier molecular flexibility index (Phi) is 4.08. The summed E-state index contributed by atoms with van der Waals surface area (Å²) < 4.78 is 3.96. The van der Waals surface area contributed by atoms with E-state index in [1.54, 1.807) is 0 Å². The van der Waals surface area contributed by atoms with Gasteiger partial charge in [-0.3, -0.25) is 14.3 Å². The first-order valence-electron chi connectivity index (χ1n) is 9.89. The van der Waals surface area contributed by atoms with E-state index in [-0.39, 0.29) is 11.6 Å². The first kappa shape index (κ1) is 16.7. The number of aryl methyl sites for hydroxylation is 1. The van der Waals surface area contributed by atoms with Gasteiger partial charge in [-0.05, 0) is 50.3 Å². The van der Waals surface area contributed by atoms with Crippen molar-refractivity contribution in [3.63, 3.8) is 0 Å². The molecular formula is C21H25N5O. The highest BCUT2D eigenvalue weighted by Crippen LogP contribution is 2.35. The van der Waals surface area contributed by atoms with E-state index in [0.717, 1.165) is 54.9 Å². The average molecular weight is 363 g/mol. The van der Waals surface area contributed by atoms with Crippen LogP contribution in [0.1, 0.15) is 43.2 Å². The van der Waals surface area contributed by atoms with Crippen LogP contribution in [-0.2, 0) is 20.1 Å². The number of aromatic nitrogens is 4. The molecule has 0 amide bonds. The van der Waals surface area contributed by atoms with Crippen molar-refractivity contribution in [2.24, 2.45) is 13.0 Å². The molecule has 140 valence electrons. The number of imidazole rings is 1. The molecule has 3 heterocycles. The third kappa shape index (κ3) is 3.18. The number of nitrogens with zero attached hydrogens (tertiary/aromatic N) is 5. The van der Waals surface area contributed by atoms with Gasteiger partial charge in [-0.25, -0.2) is 9.97 Å². The maximum atomic E-state index is 13.2. The van der Waals surface area contributed by atoms with Crippen LogP contribution in [0.25, 0.3) is 10.9 Å². The summed E-state index contributed by atoms with van der Waals surface area (Å²) in [6.45, 7) is 2.63. The van der Waals surface area contributed by atoms with Crippen molar-refractivity contribution < 1.29 is 0 Å². The van der Waals surface area contributed by atoms with Crippen molar-refractivity contribution in [1.29, 1.82) is 0 Å². The van der Waals surface area contributed by atoms with Crippen LogP contribution in [0.2, 0.25) is 0 Å². The summed E-state index contributed by atoms with van der Waals surface area (Å²) in [5, 5.41) is 0.733. The van der Waals surface area contributed by atoms with E-state index < -0.39 is 0 Å². The van der Waals surface area contributed by atoms with Gasteiger partial charge in [-0.2, -0.15) is 0 Å². The van der Waals surface area contributed by atoms with Crippen molar-refractivity contribution in [3.8, 4) is 0 Å². The lowest BCUT2D eigenvalue weighted by Gasteiger charge is -2.26. The minimum atomic E-state index is 0.118. The van der Waals surface area contributed by atoms with Gasteiger partial charge in [0.2, 0.25) is 0 Å². The van der Waals surface area contributed by atoms with Crippen LogP contribution in [0.3, 0.4) is 0 Å². The van der Waals surface area contributed by atoms with E-state index in [0.29, 0.717) is 5.92 Å². The Hall–Kier alpha value is -2.47. The fourth-order valence-corrected chi connectivity index (χ4v) is 4.24. The van der Waals surface area contributed by atoms with Crippen LogP contribution in [0.5, 0.6) is 0 Å². The second kappa shape index (κ2) is 6.60. The first-order chi connectivity index (χ1) is 13.2. The maximum Gasteiger partial charge on any atom is 0.261 e. The van der Waals surface area contributed by atoms with Crippen molar-refractivity contribution in [2.45, 2.75) is 44.8 Å². The van der Waals surface area contributed by atoms with E-state index in [9.17, 15) is 4.79 Å². The van der Waals surface area contributed by atoms with E-state index in [2.05, 4.69) is 16.1 Å². The normalized spacial score (nSPS) is 20.6. The number of likely N-dealkylation sites (tertiary alicyclic amines) is 1. The molecule has 1 unspecified atom stereocenters. The zero-order valence-corrected chi connectivity index (χ0v) is 15.7. The van der Waals surface area contributed by atoms with Crippen molar-refractivity contribution in [1.82, 2.24) is 24.0 Å². The lowest BCUT2D eigenvalue weighted by atomic mass is 10.1. The Morgan fingerprint density at radius 2 is 2.04 bits per heavy atom. The Balaban J connectivity index is 1.56. The molecule has 1 aliphatic carbocycles. The molecule has 2 aromatic heterocycles. The summed E-state index contributed by atoms with van der Waals surface area (Å²) >= 11 is 0. The van der Waals surface area contributed by atoms with Crippen LogP contribution >= 0.6 is 0 Å². The van der Waals surface area contributed by atoms with Gasteiger partial charge in [-0.15, -0.1) is 0 Å². The molecule has 1 atom stereocenters. The standard InChI is InChI=1S/C21H25N5O/c1-24-12-16(22-14-24)13-25-10-4-7-19(25)20-23-18-6-3-2-5-17(18)21(27)26(20)11-15-8-9-15/h2-3,5-6,12,14-15,19H,4,7-11,13H2,1H3. The molecule has 1 aromatic carbocycles. The Bertz CT molecular complexity index is 1030. The van der Waals surface area contributed by atoms with Crippen LogP contribution in [0.15, 0.2) is 41.6 Å². The molecular weight excluding hydrogens is 338 g/mol. The molecule has 1 aliphatic heterocycles. The van der Waals surface area contributed by atoms with Crippen LogP contribution in [-0.4, -0.2) is 30.5 Å². The highest BCUT2D eigenvalue weighted by atomic mass is 16.1. The molecule has 3 aromatic rings. The highest BCUT2D eigenvalue weighted by molar-refractivity contribution is 5.77. The molecule has 0 radical (unpaired) electrons. The summed E-state index contributed by atoms with van der Waals surface area (Å²) in [5.41, 5.74) is 2.00. The summed E-state index contributed by atoms with van der Waals surface area (Å²) in [5.74, 6) is 1.58. The lowest BCUT2D eigenvalue weighted by molar-refractivity contribution is 0.230. The third-order valence-electron chi connectivity index (χ3n) is 5.81. The van der Waals surface area contributed by atoms with Gasteiger partial charge in [0.05, 0.1) is 29.0 Å². The zero-order valence-electron chi connectivity index (χ0n) is 15.7. The molecule has 0 N–H and O–H groups in total. The highest BCUT2D eigenvalue weighted by Gasteiger charge is 2.32. The smallest absolute Gasteiger partial charge is 0.261 e. The van der Waals surface area contributed by atoms with Crippen molar-refractivity contribution in [2.75, 3.05) is 6.54 Å². The lowest BCUT2D eigenvalue weighted by Crippen LogP contribution is -2.32. The van der Waals surface area contributed by atoms with E-state index in [1.807, 2.05) is 46.8 Å². The number of hydrogen-bond donors (Lipinski definition) is 0. The molecule has 27 heavy (non-hydrogen) atoms. The number of para-hydroxylation sites is 1. The van der Waals surface area contributed by atoms with Gasteiger partial charge in [0, 0.05) is 26.3 Å². The molecule has 1 saturated carbocycles. The first-order valence-corrected chi connectivity index (χ1v) is 9.89. The number of benzene rings is 1. The fraction of sp³-hybridized carbons (Fsp3) is 0.476. The predicted octanol–water partition coefficient (Wildman–Crippen LogP) is 2.88. The third-order valence-corrected chi connectivity index (χ3v) is 5.81. The van der Waals surface area contributed by atoms with Crippen LogP contribution in [0, 0.1) is 5.92 Å². The Morgan fingerprint density at radius 1 is 1.19 bits per heavy atom. The fourth-order valence-electron chi connectivity index (χ4n) is 4.24. The Labute approximate surface area is 158 Å². The Morgan fingerprint density at radius 3 is 2.81 bits per heavy atom. The number of fused-ring (bicyclic) bond motifs is 1.